The van der Waals surface area contributed by atoms with Crippen LogP contribution in [0.15, 0.2) is 24.3 Å². The number of ketones is 1. The highest BCUT2D eigenvalue weighted by atomic mass is 16.6. The second kappa shape index (κ2) is 8.28. The largest absolute Gasteiger partial charge is 0.465 e. The van der Waals surface area contributed by atoms with E-state index in [0.717, 1.165) is 12.8 Å². The van der Waals surface area contributed by atoms with Crippen molar-refractivity contribution >= 4 is 17.7 Å². The monoisotopic (exact) mass is 346 g/mol. The summed E-state index contributed by atoms with van der Waals surface area (Å²) in [6.07, 6.45) is 3.21. The Labute approximate surface area is 148 Å². The number of carbonyl (C=O) groups excluding carboxylic acids is 3. The van der Waals surface area contributed by atoms with Crippen LogP contribution in [-0.4, -0.2) is 30.9 Å². The lowest BCUT2D eigenvalue weighted by molar-refractivity contribution is -0.164. The van der Waals surface area contributed by atoms with Gasteiger partial charge in [-0.1, -0.05) is 38.1 Å². The van der Waals surface area contributed by atoms with Gasteiger partial charge >= 0.3 is 11.9 Å². The first kappa shape index (κ1) is 19.2. The molecule has 0 aromatic heterocycles. The summed E-state index contributed by atoms with van der Waals surface area (Å²) in [7, 11) is 0. The maximum Gasteiger partial charge on any atom is 0.327 e. The van der Waals surface area contributed by atoms with E-state index < -0.39 is 17.4 Å². The van der Waals surface area contributed by atoms with E-state index in [0.29, 0.717) is 24.0 Å². The molecule has 0 heterocycles. The Kier molecular flexibility index (Phi) is 6.34. The van der Waals surface area contributed by atoms with Crippen LogP contribution in [0.1, 0.15) is 62.4 Å². The molecule has 0 N–H and O–H groups in total. The number of esters is 2. The summed E-state index contributed by atoms with van der Waals surface area (Å²) in [6, 6.07) is 6.65. The molecule has 5 heteroatoms. The molecule has 1 aliphatic carbocycles. The maximum atomic E-state index is 12.6. The number of ether oxygens (including phenoxy) is 2. The minimum absolute atomic E-state index is 0.121. The molecular formula is C20H26O5. The molecule has 0 radical (unpaired) electrons. The van der Waals surface area contributed by atoms with Gasteiger partial charge < -0.3 is 9.47 Å². The highest BCUT2D eigenvalue weighted by Crippen LogP contribution is 2.34. The van der Waals surface area contributed by atoms with Gasteiger partial charge in [-0.25, -0.2) is 0 Å². The van der Waals surface area contributed by atoms with E-state index in [4.69, 9.17) is 9.47 Å². The summed E-state index contributed by atoms with van der Waals surface area (Å²) in [5.41, 5.74) is -0.453. The van der Waals surface area contributed by atoms with Crippen molar-refractivity contribution in [2.45, 2.75) is 51.9 Å². The molecule has 0 spiro atoms. The van der Waals surface area contributed by atoms with Crippen LogP contribution < -0.4 is 0 Å². The van der Waals surface area contributed by atoms with E-state index >= 15 is 0 Å². The lowest BCUT2D eigenvalue weighted by Crippen LogP contribution is -2.43. The van der Waals surface area contributed by atoms with Crippen molar-refractivity contribution in [3.05, 3.63) is 35.4 Å². The van der Waals surface area contributed by atoms with E-state index in [-0.39, 0.29) is 24.9 Å². The Balaban J connectivity index is 2.28. The van der Waals surface area contributed by atoms with Gasteiger partial charge in [0, 0.05) is 11.5 Å². The smallest absolute Gasteiger partial charge is 0.327 e. The zero-order valence-corrected chi connectivity index (χ0v) is 15.2. The fourth-order valence-electron chi connectivity index (χ4n) is 2.55. The molecule has 1 fully saturated rings. The van der Waals surface area contributed by atoms with Gasteiger partial charge in [0.2, 0.25) is 0 Å². The van der Waals surface area contributed by atoms with Gasteiger partial charge in [0.05, 0.1) is 13.2 Å². The zero-order chi connectivity index (χ0) is 18.4. The molecule has 2 rings (SSSR count). The summed E-state index contributed by atoms with van der Waals surface area (Å²) in [5, 5.41) is 0. The molecule has 136 valence electrons. The van der Waals surface area contributed by atoms with E-state index in [1.54, 1.807) is 24.3 Å². The third-order valence-electron chi connectivity index (χ3n) is 4.39. The highest BCUT2D eigenvalue weighted by molar-refractivity contribution is 6.06. The Morgan fingerprint density at radius 2 is 1.44 bits per heavy atom. The molecule has 1 saturated carbocycles. The van der Waals surface area contributed by atoms with Crippen molar-refractivity contribution < 1.29 is 23.9 Å². The lowest BCUT2D eigenvalue weighted by atomic mass is 9.82. The SMILES string of the molecule is CCCOC(=O)C(C)(C(=O)OCCC)c1ccc(C(=O)C2CC2)cc1. The molecule has 0 aliphatic heterocycles. The number of benzene rings is 1. The molecule has 0 unspecified atom stereocenters. The van der Waals surface area contributed by atoms with Crippen molar-refractivity contribution in [3.8, 4) is 0 Å². The Bertz CT molecular complexity index is 608. The van der Waals surface area contributed by atoms with Gasteiger partial charge in [-0.15, -0.1) is 0 Å². The molecule has 0 bridgehead atoms. The molecule has 0 saturated heterocycles. The third-order valence-corrected chi connectivity index (χ3v) is 4.39. The number of hydrogen-bond acceptors (Lipinski definition) is 5. The van der Waals surface area contributed by atoms with Crippen LogP contribution in [-0.2, 0) is 24.5 Å². The summed E-state index contributed by atoms with van der Waals surface area (Å²) >= 11 is 0. The summed E-state index contributed by atoms with van der Waals surface area (Å²) in [4.78, 5) is 37.3. The summed E-state index contributed by atoms with van der Waals surface area (Å²) in [6.45, 7) is 5.78. The number of carbonyl (C=O) groups is 3. The maximum absolute atomic E-state index is 12.6. The normalized spacial score (nSPS) is 14.0. The van der Waals surface area contributed by atoms with E-state index in [1.807, 2.05) is 13.8 Å². The second-order valence-corrected chi connectivity index (χ2v) is 6.61. The molecule has 1 aromatic rings. The van der Waals surface area contributed by atoms with E-state index in [9.17, 15) is 14.4 Å². The van der Waals surface area contributed by atoms with Gasteiger partial charge in [-0.2, -0.15) is 0 Å². The van der Waals surface area contributed by atoms with Gasteiger partial charge in [0.25, 0.3) is 0 Å². The Hall–Kier alpha value is -2.17. The second-order valence-electron chi connectivity index (χ2n) is 6.61. The van der Waals surface area contributed by atoms with Crippen LogP contribution in [0.5, 0.6) is 0 Å². The predicted octanol–water partition coefficient (Wildman–Crippen LogP) is 3.44. The molecule has 0 amide bonds. The third kappa shape index (κ3) is 4.27. The Morgan fingerprint density at radius 1 is 0.960 bits per heavy atom. The van der Waals surface area contributed by atoms with Crippen LogP contribution in [0.3, 0.4) is 0 Å². The fraction of sp³-hybridized carbons (Fsp3) is 0.550. The molecule has 0 atom stereocenters. The lowest BCUT2D eigenvalue weighted by Gasteiger charge is -2.26. The first-order valence-corrected chi connectivity index (χ1v) is 8.94. The average Bonchev–Trinajstić information content (AvgIpc) is 3.48. The predicted molar refractivity (Wildman–Crippen MR) is 93.3 cm³/mol. The molecule has 1 aliphatic rings. The fourth-order valence-corrected chi connectivity index (χ4v) is 2.55. The van der Waals surface area contributed by atoms with Crippen LogP contribution in [0.4, 0.5) is 0 Å². The van der Waals surface area contributed by atoms with Gasteiger partial charge in [0.15, 0.2) is 11.2 Å². The highest BCUT2D eigenvalue weighted by Gasteiger charge is 2.46. The summed E-state index contributed by atoms with van der Waals surface area (Å²) in [5.74, 6) is -1.01. The molecular weight excluding hydrogens is 320 g/mol. The minimum Gasteiger partial charge on any atom is -0.465 e. The molecule has 1 aromatic carbocycles. The first-order chi connectivity index (χ1) is 11.9. The van der Waals surface area contributed by atoms with Gasteiger partial charge in [-0.05, 0) is 38.2 Å². The molecule has 25 heavy (non-hydrogen) atoms. The van der Waals surface area contributed by atoms with E-state index in [1.165, 1.54) is 6.92 Å². The van der Waals surface area contributed by atoms with Crippen molar-refractivity contribution in [2.24, 2.45) is 5.92 Å². The summed E-state index contributed by atoms with van der Waals surface area (Å²) < 4.78 is 10.5. The minimum atomic E-state index is -1.54. The van der Waals surface area contributed by atoms with Crippen molar-refractivity contribution in [2.75, 3.05) is 13.2 Å². The van der Waals surface area contributed by atoms with Crippen LogP contribution in [0, 0.1) is 5.92 Å². The first-order valence-electron chi connectivity index (χ1n) is 8.94. The van der Waals surface area contributed by atoms with Gasteiger partial charge in [0.1, 0.15) is 0 Å². The van der Waals surface area contributed by atoms with Crippen LogP contribution >= 0.6 is 0 Å². The van der Waals surface area contributed by atoms with Gasteiger partial charge in [-0.3, -0.25) is 14.4 Å². The van der Waals surface area contributed by atoms with Crippen molar-refractivity contribution in [3.63, 3.8) is 0 Å². The van der Waals surface area contributed by atoms with Crippen molar-refractivity contribution in [1.82, 2.24) is 0 Å². The number of hydrogen-bond donors (Lipinski definition) is 0. The van der Waals surface area contributed by atoms with Crippen molar-refractivity contribution in [1.29, 1.82) is 0 Å². The van der Waals surface area contributed by atoms with Crippen LogP contribution in [0.2, 0.25) is 0 Å². The number of rotatable bonds is 9. The topological polar surface area (TPSA) is 69.7 Å². The van der Waals surface area contributed by atoms with E-state index in [2.05, 4.69) is 0 Å². The number of Topliss-reactive ketones (excluding diaryl/α,β-unsaturated/α-hetero) is 1. The molecule has 5 nitrogen and oxygen atoms in total. The average molecular weight is 346 g/mol. The van der Waals surface area contributed by atoms with Crippen LogP contribution in [0.25, 0.3) is 0 Å². The quantitative estimate of drug-likeness (QED) is 0.389. The standard InChI is InChI=1S/C20H26O5/c1-4-12-24-18(22)20(3,19(23)25-13-5-2)16-10-8-15(9-11-16)17(21)14-6-7-14/h8-11,14H,4-7,12-13H2,1-3H3. The Morgan fingerprint density at radius 3 is 1.84 bits per heavy atom. The zero-order valence-electron chi connectivity index (χ0n) is 15.2.